The van der Waals surface area contributed by atoms with E-state index >= 15 is 0 Å². The number of esters is 1. The van der Waals surface area contributed by atoms with Gasteiger partial charge in [0, 0.05) is 32.1 Å². The van der Waals surface area contributed by atoms with Crippen molar-refractivity contribution in [1.82, 2.24) is 9.80 Å². The van der Waals surface area contributed by atoms with Crippen LogP contribution in [0.5, 0.6) is 0 Å². The largest absolute Gasteiger partial charge is 0.452 e. The van der Waals surface area contributed by atoms with Crippen molar-refractivity contribution in [1.29, 1.82) is 0 Å². The maximum atomic E-state index is 12.4. The Morgan fingerprint density at radius 3 is 2.44 bits per heavy atom. The first-order valence-electron chi connectivity index (χ1n) is 8.80. The second-order valence-corrected chi connectivity index (χ2v) is 7.72. The molecule has 2 atom stereocenters. The molecule has 0 unspecified atom stereocenters. The van der Waals surface area contributed by atoms with Crippen molar-refractivity contribution in [2.75, 3.05) is 39.5 Å². The molecule has 0 spiro atoms. The number of nitrogens with zero attached hydrogens (tertiary/aromatic N) is 2. The van der Waals surface area contributed by atoms with Crippen LogP contribution in [0.4, 0.5) is 0 Å². The quantitative estimate of drug-likeness (QED) is 0.540. The summed E-state index contributed by atoms with van der Waals surface area (Å²) in [5.74, 6) is -0.634. The molecule has 1 saturated heterocycles. The number of ether oxygens (including phenoxy) is 2. The second-order valence-electron chi connectivity index (χ2n) is 6.71. The average molecular weight is 394 g/mol. The van der Waals surface area contributed by atoms with Crippen molar-refractivity contribution < 1.29 is 23.9 Å². The van der Waals surface area contributed by atoms with Gasteiger partial charge in [-0.2, -0.15) is 0 Å². The molecule has 0 aromatic heterocycles. The molecule has 1 aliphatic rings. The topological polar surface area (TPSA) is 76.2 Å². The molecule has 1 aromatic rings. The summed E-state index contributed by atoms with van der Waals surface area (Å²) in [6, 6.07) is 6.91. The van der Waals surface area contributed by atoms with Gasteiger partial charge in [0.25, 0.3) is 5.91 Å². The average Bonchev–Trinajstić information content (AvgIpc) is 2.63. The van der Waals surface area contributed by atoms with Gasteiger partial charge in [0.2, 0.25) is 5.91 Å². The predicted octanol–water partition coefficient (Wildman–Crippen LogP) is 1.66. The van der Waals surface area contributed by atoms with Gasteiger partial charge >= 0.3 is 5.97 Å². The fourth-order valence-corrected chi connectivity index (χ4v) is 3.73. The Labute approximate surface area is 164 Å². The molecule has 1 aliphatic heterocycles. The molecule has 148 valence electrons. The van der Waals surface area contributed by atoms with Crippen molar-refractivity contribution >= 4 is 29.5 Å². The van der Waals surface area contributed by atoms with Crippen LogP contribution >= 0.6 is 11.8 Å². The van der Waals surface area contributed by atoms with Crippen molar-refractivity contribution in [3.8, 4) is 0 Å². The minimum atomic E-state index is -0.571. The number of benzene rings is 1. The summed E-state index contributed by atoms with van der Waals surface area (Å²) in [6.07, 6.45) is -0.0838. The van der Waals surface area contributed by atoms with Gasteiger partial charge in [-0.15, -0.1) is 11.8 Å². The first-order chi connectivity index (χ1) is 12.8. The smallest absolute Gasteiger partial charge is 0.339 e. The molecule has 0 aliphatic carbocycles. The normalized spacial score (nSPS) is 19.5. The van der Waals surface area contributed by atoms with Crippen LogP contribution in [-0.2, 0) is 19.1 Å². The Morgan fingerprint density at radius 2 is 1.81 bits per heavy atom. The highest BCUT2D eigenvalue weighted by Gasteiger charge is 2.26. The predicted molar refractivity (Wildman–Crippen MR) is 103 cm³/mol. The van der Waals surface area contributed by atoms with Crippen LogP contribution < -0.4 is 0 Å². The number of carbonyl (C=O) groups excluding carboxylic acids is 3. The molecule has 8 heteroatoms. The van der Waals surface area contributed by atoms with E-state index in [2.05, 4.69) is 0 Å². The number of carbonyl (C=O) groups is 3. The minimum absolute atomic E-state index is 0.0419. The summed E-state index contributed by atoms with van der Waals surface area (Å²) >= 11 is 1.27. The molecule has 0 radical (unpaired) electrons. The number of thioether (sulfide) groups is 1. The van der Waals surface area contributed by atoms with Crippen molar-refractivity contribution in [3.05, 3.63) is 29.8 Å². The fraction of sp³-hybridized carbons (Fsp3) is 0.526. The van der Waals surface area contributed by atoms with Crippen LogP contribution in [0.2, 0.25) is 0 Å². The maximum absolute atomic E-state index is 12.4. The van der Waals surface area contributed by atoms with Crippen LogP contribution in [0.25, 0.3) is 0 Å². The SMILES string of the molecule is C[C@@H]1CN(C(=O)COC(=O)c2ccccc2SCC(=O)N(C)C)C[C@H](C)O1. The van der Waals surface area contributed by atoms with Crippen LogP contribution in [-0.4, -0.2) is 79.3 Å². The summed E-state index contributed by atoms with van der Waals surface area (Å²) < 4.78 is 10.8. The zero-order valence-corrected chi connectivity index (χ0v) is 17.0. The first-order valence-corrected chi connectivity index (χ1v) is 9.78. The van der Waals surface area contributed by atoms with Crippen molar-refractivity contribution in [2.24, 2.45) is 0 Å². The Morgan fingerprint density at radius 1 is 1.19 bits per heavy atom. The zero-order valence-electron chi connectivity index (χ0n) is 16.1. The first kappa shape index (κ1) is 21.2. The second kappa shape index (κ2) is 9.75. The van der Waals surface area contributed by atoms with Gasteiger partial charge in [-0.25, -0.2) is 4.79 Å². The summed E-state index contributed by atoms with van der Waals surface area (Å²) in [7, 11) is 3.37. The minimum Gasteiger partial charge on any atom is -0.452 e. The number of morpholine rings is 1. The number of hydrogen-bond donors (Lipinski definition) is 0. The molecule has 27 heavy (non-hydrogen) atoms. The van der Waals surface area contributed by atoms with Crippen molar-refractivity contribution in [2.45, 2.75) is 31.0 Å². The molecule has 0 N–H and O–H groups in total. The van der Waals surface area contributed by atoms with Gasteiger partial charge in [0.05, 0.1) is 23.5 Å². The molecule has 1 fully saturated rings. The lowest BCUT2D eigenvalue weighted by Gasteiger charge is -2.35. The van der Waals surface area contributed by atoms with Gasteiger partial charge in [-0.1, -0.05) is 12.1 Å². The number of rotatable bonds is 6. The molecule has 1 heterocycles. The maximum Gasteiger partial charge on any atom is 0.339 e. The Kier molecular flexibility index (Phi) is 7.67. The third-order valence-corrected chi connectivity index (χ3v) is 5.11. The zero-order chi connectivity index (χ0) is 20.0. The Bertz CT molecular complexity index is 684. The lowest BCUT2D eigenvalue weighted by atomic mass is 10.2. The van der Waals surface area contributed by atoms with Crippen LogP contribution in [0.15, 0.2) is 29.2 Å². The molecule has 2 rings (SSSR count). The molecule has 0 bridgehead atoms. The summed E-state index contributed by atoms with van der Waals surface area (Å²) in [6.45, 7) is 4.47. The van der Waals surface area contributed by atoms with Gasteiger partial charge < -0.3 is 19.3 Å². The third kappa shape index (κ3) is 6.25. The summed E-state index contributed by atoms with van der Waals surface area (Å²) in [5.41, 5.74) is 0.352. The molecule has 1 aromatic carbocycles. The summed E-state index contributed by atoms with van der Waals surface area (Å²) in [5, 5.41) is 0. The van der Waals surface area contributed by atoms with E-state index < -0.39 is 5.97 Å². The van der Waals surface area contributed by atoms with Crippen LogP contribution in [0.3, 0.4) is 0 Å². The monoisotopic (exact) mass is 394 g/mol. The van der Waals surface area contributed by atoms with E-state index in [9.17, 15) is 14.4 Å². The highest BCUT2D eigenvalue weighted by atomic mass is 32.2. The van der Waals surface area contributed by atoms with E-state index in [1.165, 1.54) is 16.7 Å². The summed E-state index contributed by atoms with van der Waals surface area (Å²) in [4.78, 5) is 40.3. The van der Waals surface area contributed by atoms with E-state index in [0.717, 1.165) is 0 Å². The Hall–Kier alpha value is -2.06. The highest BCUT2D eigenvalue weighted by molar-refractivity contribution is 8.00. The van der Waals surface area contributed by atoms with Crippen LogP contribution in [0.1, 0.15) is 24.2 Å². The van der Waals surface area contributed by atoms with Gasteiger partial charge in [-0.3, -0.25) is 9.59 Å². The molecule has 2 amide bonds. The fourth-order valence-electron chi connectivity index (χ4n) is 2.71. The molecular weight excluding hydrogens is 368 g/mol. The van der Waals surface area contributed by atoms with E-state index in [1.807, 2.05) is 13.8 Å². The number of amides is 2. The number of hydrogen-bond acceptors (Lipinski definition) is 6. The van der Waals surface area contributed by atoms with Gasteiger partial charge in [-0.05, 0) is 26.0 Å². The highest BCUT2D eigenvalue weighted by Crippen LogP contribution is 2.23. The van der Waals surface area contributed by atoms with E-state index in [0.29, 0.717) is 23.5 Å². The van der Waals surface area contributed by atoms with Crippen molar-refractivity contribution in [3.63, 3.8) is 0 Å². The lowest BCUT2D eigenvalue weighted by molar-refractivity contribution is -0.146. The van der Waals surface area contributed by atoms with Crippen LogP contribution in [0, 0.1) is 0 Å². The van der Waals surface area contributed by atoms with Gasteiger partial charge in [0.1, 0.15) is 0 Å². The van der Waals surface area contributed by atoms with E-state index in [-0.39, 0.29) is 36.4 Å². The molecule has 7 nitrogen and oxygen atoms in total. The van der Waals surface area contributed by atoms with Gasteiger partial charge in [0.15, 0.2) is 6.61 Å². The third-order valence-electron chi connectivity index (χ3n) is 4.06. The van der Waals surface area contributed by atoms with E-state index in [1.54, 1.807) is 43.3 Å². The molecule has 0 saturated carbocycles. The molecular formula is C19H26N2O5S. The standard InChI is InChI=1S/C19H26N2O5S/c1-13-9-21(10-14(2)26-13)17(22)11-25-19(24)15-7-5-6-8-16(15)27-12-18(23)20(3)4/h5-8,13-14H,9-12H2,1-4H3/t13-,14+. The Balaban J connectivity index is 1.94. The van der Waals surface area contributed by atoms with E-state index in [4.69, 9.17) is 9.47 Å². The lowest BCUT2D eigenvalue weighted by Crippen LogP contribution is -2.49.